The molecule has 1 heterocycles. The van der Waals surface area contributed by atoms with Crippen molar-refractivity contribution in [1.29, 1.82) is 0 Å². The molecule has 2 unspecified atom stereocenters. The van der Waals surface area contributed by atoms with Crippen molar-refractivity contribution >= 4 is 36.0 Å². The van der Waals surface area contributed by atoms with Crippen LogP contribution in [0.4, 0.5) is 0 Å². The molecule has 1 amide bonds. The summed E-state index contributed by atoms with van der Waals surface area (Å²) < 4.78 is 6.08. The number of nitrogens with two attached hydrogens (primary N) is 1. The molecule has 1 aliphatic heterocycles. The van der Waals surface area contributed by atoms with E-state index in [0.29, 0.717) is 5.56 Å². The first-order valence-corrected chi connectivity index (χ1v) is 11.1. The third-order valence-electron chi connectivity index (χ3n) is 3.79. The van der Waals surface area contributed by atoms with E-state index in [1.165, 1.54) is 8.93 Å². The van der Waals surface area contributed by atoms with Gasteiger partial charge in [-0.1, -0.05) is 18.1 Å². The number of carbonyl (C=O) groups is 1. The molecule has 1 aromatic rings. The van der Waals surface area contributed by atoms with E-state index in [1.54, 1.807) is 6.07 Å². The third-order valence-corrected chi connectivity index (χ3v) is 4.67. The molecule has 4 nitrogen and oxygen atoms in total. The molecule has 6 heteroatoms. The Labute approximate surface area is 153 Å². The van der Waals surface area contributed by atoms with Gasteiger partial charge in [-0.3, -0.25) is 4.79 Å². The van der Waals surface area contributed by atoms with Gasteiger partial charge in [0.05, 0.1) is 12.2 Å². The molecule has 124 valence electrons. The summed E-state index contributed by atoms with van der Waals surface area (Å²) in [4.78, 5) is 11.3. The maximum Gasteiger partial charge on any atom is 0.248 e. The molecule has 1 fully saturated rings. The van der Waals surface area contributed by atoms with Gasteiger partial charge in [-0.15, -0.1) is 0 Å². The summed E-state index contributed by atoms with van der Waals surface area (Å²) in [5.74, 6) is 2.71. The van der Waals surface area contributed by atoms with Gasteiger partial charge in [0.15, 0.2) is 0 Å². The Hall–Kier alpha value is -0.750. The minimum absolute atomic E-state index is 0.0626. The number of halogens is 1. The molecule has 3 N–H and O–H groups in total. The standard InChI is InChI=1S/C17H21IN2O2S/c18-23-10-3-1-2-9-20-12-15-7-8-16(22-15)13-5-4-6-14(11-13)17(19)21/h4-6,11,15-16,20H,1-2,7-9,12H2,(H2,19,21). The van der Waals surface area contributed by atoms with Crippen molar-refractivity contribution in [1.82, 2.24) is 5.32 Å². The predicted octanol–water partition coefficient (Wildman–Crippen LogP) is 3.42. The van der Waals surface area contributed by atoms with Crippen molar-refractivity contribution in [3.05, 3.63) is 35.4 Å². The Morgan fingerprint density at radius 1 is 1.48 bits per heavy atom. The molecule has 1 saturated heterocycles. The molecule has 0 aliphatic carbocycles. The van der Waals surface area contributed by atoms with Crippen molar-refractivity contribution in [2.75, 3.05) is 13.1 Å². The molecule has 1 aliphatic rings. The number of amides is 1. The Kier molecular flexibility index (Phi) is 8.23. The Bertz CT molecular complexity index is 585. The summed E-state index contributed by atoms with van der Waals surface area (Å²) >= 11 is 2.18. The lowest BCUT2D eigenvalue weighted by molar-refractivity contribution is 0.0450. The normalized spacial score (nSPS) is 20.0. The van der Waals surface area contributed by atoms with Gasteiger partial charge in [0.1, 0.15) is 0 Å². The molecule has 2 atom stereocenters. The summed E-state index contributed by atoms with van der Waals surface area (Å²) in [6.45, 7) is 1.82. The van der Waals surface area contributed by atoms with Gasteiger partial charge in [0, 0.05) is 39.7 Å². The number of primary amides is 1. The fourth-order valence-electron chi connectivity index (χ4n) is 2.64. The molecule has 1 aromatic carbocycles. The lowest BCUT2D eigenvalue weighted by atomic mass is 10.0. The minimum atomic E-state index is -0.396. The number of rotatable bonds is 7. The lowest BCUT2D eigenvalue weighted by Gasteiger charge is -2.15. The zero-order chi connectivity index (χ0) is 16.5. The van der Waals surface area contributed by atoms with Crippen molar-refractivity contribution in [3.8, 4) is 11.2 Å². The van der Waals surface area contributed by atoms with Crippen LogP contribution in [0.3, 0.4) is 0 Å². The molecular weight excluding hydrogens is 423 g/mol. The summed E-state index contributed by atoms with van der Waals surface area (Å²) in [7, 11) is 1.53. The molecule has 0 radical (unpaired) electrons. The number of carbonyl (C=O) groups excluding carboxylic acids is 1. The van der Waals surface area contributed by atoms with Crippen LogP contribution in [0.5, 0.6) is 0 Å². The summed E-state index contributed by atoms with van der Waals surface area (Å²) in [5, 5.41) is 6.41. The van der Waals surface area contributed by atoms with Crippen LogP contribution >= 0.6 is 30.1 Å². The summed E-state index contributed by atoms with van der Waals surface area (Å²) in [6.07, 6.45) is 4.29. The first-order chi connectivity index (χ1) is 11.2. The average molecular weight is 444 g/mol. The van der Waals surface area contributed by atoms with Crippen LogP contribution in [0.1, 0.15) is 47.7 Å². The molecule has 2 rings (SSSR count). The van der Waals surface area contributed by atoms with E-state index in [4.69, 9.17) is 10.5 Å². The van der Waals surface area contributed by atoms with Crippen LogP contribution in [0.15, 0.2) is 24.3 Å². The van der Waals surface area contributed by atoms with E-state index in [0.717, 1.165) is 44.3 Å². The first-order valence-electron chi connectivity index (χ1n) is 7.72. The van der Waals surface area contributed by atoms with Crippen molar-refractivity contribution < 1.29 is 9.53 Å². The lowest BCUT2D eigenvalue weighted by Crippen LogP contribution is -2.27. The second-order valence-corrected chi connectivity index (χ2v) is 7.16. The highest BCUT2D eigenvalue weighted by molar-refractivity contribution is 14.2. The van der Waals surface area contributed by atoms with Gasteiger partial charge < -0.3 is 15.8 Å². The van der Waals surface area contributed by atoms with Crippen LogP contribution in [0.2, 0.25) is 0 Å². The van der Waals surface area contributed by atoms with Gasteiger partial charge in [-0.2, -0.15) is 0 Å². The number of hydrogen-bond donors (Lipinski definition) is 2. The van der Waals surface area contributed by atoms with Crippen molar-refractivity contribution in [2.24, 2.45) is 5.73 Å². The topological polar surface area (TPSA) is 64.4 Å². The summed E-state index contributed by atoms with van der Waals surface area (Å²) in [6, 6.07) is 7.43. The van der Waals surface area contributed by atoms with E-state index in [-0.39, 0.29) is 12.2 Å². The van der Waals surface area contributed by atoms with E-state index in [1.807, 2.05) is 18.2 Å². The fourth-order valence-corrected chi connectivity index (χ4v) is 3.26. The van der Waals surface area contributed by atoms with Gasteiger partial charge in [-0.05, 0) is 57.7 Å². The van der Waals surface area contributed by atoms with Gasteiger partial charge in [0.25, 0.3) is 0 Å². The number of unbranched alkanes of at least 4 members (excludes halogenated alkanes) is 1. The highest BCUT2D eigenvalue weighted by atomic mass is 127. The average Bonchev–Trinajstić information content (AvgIpc) is 3.03. The number of nitrogens with one attached hydrogen (secondary N) is 1. The smallest absolute Gasteiger partial charge is 0.248 e. The van der Waals surface area contributed by atoms with Crippen LogP contribution in [0, 0.1) is 11.2 Å². The number of benzene rings is 1. The molecular formula is C17H21IN2O2S. The molecule has 0 aromatic heterocycles. The molecule has 0 saturated carbocycles. The van der Waals surface area contributed by atoms with Crippen molar-refractivity contribution in [3.63, 3.8) is 0 Å². The Morgan fingerprint density at radius 2 is 2.35 bits per heavy atom. The van der Waals surface area contributed by atoms with Crippen LogP contribution in [-0.2, 0) is 4.74 Å². The first kappa shape index (κ1) is 18.6. The van der Waals surface area contributed by atoms with Crippen LogP contribution in [0.25, 0.3) is 0 Å². The van der Waals surface area contributed by atoms with E-state index < -0.39 is 5.91 Å². The highest BCUT2D eigenvalue weighted by Crippen LogP contribution is 2.32. The predicted molar refractivity (Wildman–Crippen MR) is 103 cm³/mol. The van der Waals surface area contributed by atoms with Gasteiger partial charge in [0.2, 0.25) is 5.91 Å². The number of ether oxygens (including phenoxy) is 1. The zero-order valence-electron chi connectivity index (χ0n) is 12.9. The third kappa shape index (κ3) is 6.34. The van der Waals surface area contributed by atoms with Gasteiger partial charge in [-0.25, -0.2) is 0 Å². The highest BCUT2D eigenvalue weighted by Gasteiger charge is 2.26. The second kappa shape index (κ2) is 10.2. The Balaban J connectivity index is 1.71. The largest absolute Gasteiger partial charge is 0.369 e. The quantitative estimate of drug-likeness (QED) is 0.385. The molecule has 0 spiro atoms. The zero-order valence-corrected chi connectivity index (χ0v) is 15.9. The molecule has 23 heavy (non-hydrogen) atoms. The fraction of sp³-hybridized carbons (Fsp3) is 0.471. The van der Waals surface area contributed by atoms with E-state index >= 15 is 0 Å². The SMILES string of the molecule is NC(=O)c1cccc(C2CCC(CNCCCC#CSI)O2)c1. The van der Waals surface area contributed by atoms with Crippen LogP contribution < -0.4 is 11.1 Å². The van der Waals surface area contributed by atoms with E-state index in [9.17, 15) is 4.79 Å². The number of hydrogen-bond acceptors (Lipinski definition) is 4. The molecule has 0 bridgehead atoms. The van der Waals surface area contributed by atoms with E-state index in [2.05, 4.69) is 37.7 Å². The minimum Gasteiger partial charge on any atom is -0.369 e. The summed E-state index contributed by atoms with van der Waals surface area (Å²) in [5.41, 5.74) is 6.91. The maximum atomic E-state index is 11.3. The van der Waals surface area contributed by atoms with Crippen LogP contribution in [-0.4, -0.2) is 25.1 Å². The van der Waals surface area contributed by atoms with Crippen molar-refractivity contribution in [2.45, 2.75) is 37.9 Å². The Morgan fingerprint density at radius 3 is 3.13 bits per heavy atom. The second-order valence-electron chi connectivity index (χ2n) is 5.48. The maximum absolute atomic E-state index is 11.3. The monoisotopic (exact) mass is 444 g/mol. The van der Waals surface area contributed by atoms with Gasteiger partial charge >= 0.3 is 0 Å².